The molecule has 3 aromatic rings. The maximum absolute atomic E-state index is 14.7. The minimum Gasteiger partial charge on any atom is -0.364 e. The lowest BCUT2D eigenvalue weighted by atomic mass is 10.0. The molecule has 0 atom stereocenters. The number of nitrogens with zero attached hydrogens (tertiary/aromatic N) is 2. The predicted octanol–water partition coefficient (Wildman–Crippen LogP) is 3.66. The molecule has 0 fully saturated rings. The number of hydrogen-bond donors (Lipinski definition) is 1. The highest BCUT2D eigenvalue weighted by atomic mass is 32.2. The molecule has 0 saturated carbocycles. The number of carbonyl (C=O) groups is 1. The van der Waals surface area contributed by atoms with Crippen LogP contribution in [-0.2, 0) is 16.3 Å². The topological polar surface area (TPSA) is 103 Å². The number of benzene rings is 1. The van der Waals surface area contributed by atoms with Crippen molar-refractivity contribution in [3.8, 4) is 0 Å². The van der Waals surface area contributed by atoms with Crippen molar-refractivity contribution in [1.29, 1.82) is 0 Å². The third-order valence-electron chi connectivity index (χ3n) is 4.64. The molecule has 0 radical (unpaired) electrons. The zero-order valence-corrected chi connectivity index (χ0v) is 17.1. The maximum Gasteiger partial charge on any atom is 0.280 e. The Hall–Kier alpha value is -3.41. The quantitative estimate of drug-likeness (QED) is 0.437. The average molecular weight is 471 g/mol. The Kier molecular flexibility index (Phi) is 6.26. The molecule has 0 aliphatic carbocycles. The smallest absolute Gasteiger partial charge is 0.280 e. The number of aromatic nitrogens is 2. The van der Waals surface area contributed by atoms with Crippen LogP contribution in [0.3, 0.4) is 0 Å². The summed E-state index contributed by atoms with van der Waals surface area (Å²) in [6.07, 6.45) is -1.76. The summed E-state index contributed by atoms with van der Waals surface area (Å²) in [6, 6.07) is 3.05. The van der Waals surface area contributed by atoms with Crippen molar-refractivity contribution in [2.75, 3.05) is 0 Å². The highest BCUT2D eigenvalue weighted by Crippen LogP contribution is 2.30. The summed E-state index contributed by atoms with van der Waals surface area (Å²) in [7, 11) is -4.80. The minimum absolute atomic E-state index is 0.0775. The second-order valence-corrected chi connectivity index (χ2v) is 8.64. The maximum atomic E-state index is 14.7. The Balaban J connectivity index is 2.03. The number of sulfone groups is 1. The zero-order valence-electron chi connectivity index (χ0n) is 16.2. The number of carbonyl (C=O) groups excluding carboxylic acids is 1. The second kappa shape index (κ2) is 8.61. The number of nitrogens with two attached hydrogens (primary N) is 1. The fourth-order valence-corrected chi connectivity index (χ4v) is 4.15. The van der Waals surface area contributed by atoms with Crippen molar-refractivity contribution in [2.45, 2.75) is 29.6 Å². The lowest BCUT2D eigenvalue weighted by Crippen LogP contribution is -2.14. The number of hydrogen-bond acceptors (Lipinski definition) is 5. The van der Waals surface area contributed by atoms with Crippen molar-refractivity contribution in [2.24, 2.45) is 5.73 Å². The van der Waals surface area contributed by atoms with Gasteiger partial charge in [0.2, 0.25) is 9.84 Å². The minimum atomic E-state index is -4.80. The Bertz CT molecular complexity index is 1310. The van der Waals surface area contributed by atoms with Crippen LogP contribution >= 0.6 is 0 Å². The molecular weight excluding hydrogens is 457 g/mol. The van der Waals surface area contributed by atoms with Crippen LogP contribution in [0.25, 0.3) is 0 Å². The summed E-state index contributed by atoms with van der Waals surface area (Å²) in [4.78, 5) is 16.2. The largest absolute Gasteiger partial charge is 0.364 e. The molecule has 0 aliphatic rings. The van der Waals surface area contributed by atoms with E-state index in [1.54, 1.807) is 0 Å². The van der Waals surface area contributed by atoms with E-state index in [2.05, 4.69) is 9.97 Å². The Labute approximate surface area is 178 Å². The van der Waals surface area contributed by atoms with Gasteiger partial charge in [0, 0.05) is 24.4 Å². The number of amides is 1. The summed E-state index contributed by atoms with van der Waals surface area (Å²) in [5.74, 6) is -5.73. The van der Waals surface area contributed by atoms with E-state index in [0.29, 0.717) is 23.9 Å². The molecule has 1 aromatic carbocycles. The molecule has 2 N–H and O–H groups in total. The highest BCUT2D eigenvalue weighted by Gasteiger charge is 2.29. The van der Waals surface area contributed by atoms with Crippen molar-refractivity contribution in [1.82, 2.24) is 9.97 Å². The van der Waals surface area contributed by atoms with Gasteiger partial charge >= 0.3 is 0 Å². The molecule has 12 heteroatoms. The van der Waals surface area contributed by atoms with Crippen molar-refractivity contribution in [3.05, 3.63) is 82.2 Å². The van der Waals surface area contributed by atoms with Crippen molar-refractivity contribution < 1.29 is 35.2 Å². The van der Waals surface area contributed by atoms with E-state index in [1.165, 1.54) is 13.0 Å². The lowest BCUT2D eigenvalue weighted by Gasteiger charge is -2.12. The summed E-state index contributed by atoms with van der Waals surface area (Å²) in [5, 5.41) is 0. The van der Waals surface area contributed by atoms with E-state index in [-0.39, 0.29) is 11.3 Å². The first-order chi connectivity index (χ1) is 14.9. The van der Waals surface area contributed by atoms with Gasteiger partial charge in [-0.05, 0) is 42.3 Å². The molecule has 32 heavy (non-hydrogen) atoms. The van der Waals surface area contributed by atoms with Crippen LogP contribution in [0, 0.1) is 24.4 Å². The summed E-state index contributed by atoms with van der Waals surface area (Å²) in [6.45, 7) is 1.52. The Morgan fingerprint density at radius 2 is 1.75 bits per heavy atom. The number of halogens is 5. The van der Waals surface area contributed by atoms with Crippen molar-refractivity contribution in [3.63, 3.8) is 0 Å². The van der Waals surface area contributed by atoms with Gasteiger partial charge in [-0.25, -0.2) is 30.4 Å². The van der Waals surface area contributed by atoms with E-state index in [0.717, 1.165) is 12.3 Å². The fourth-order valence-electron chi connectivity index (χ4n) is 2.87. The summed E-state index contributed by atoms with van der Waals surface area (Å²) >= 11 is 0. The van der Waals surface area contributed by atoms with Gasteiger partial charge in [-0.1, -0.05) is 0 Å². The van der Waals surface area contributed by atoms with Crippen LogP contribution in [0.15, 0.2) is 46.5 Å². The first kappa shape index (κ1) is 23.3. The SMILES string of the molecule is Cc1cc(C(N)=O)ncc1Cc1c(F)cc(S(=O)(=O)c2ccc(C(F)F)nc2)c(F)c1F. The third-order valence-corrected chi connectivity index (χ3v) is 6.38. The lowest BCUT2D eigenvalue weighted by molar-refractivity contribution is 0.0995. The first-order valence-corrected chi connectivity index (χ1v) is 10.3. The molecule has 2 heterocycles. The van der Waals surface area contributed by atoms with Gasteiger partial charge in [0.25, 0.3) is 12.3 Å². The first-order valence-electron chi connectivity index (χ1n) is 8.84. The molecule has 0 bridgehead atoms. The molecule has 0 aliphatic heterocycles. The molecule has 0 spiro atoms. The average Bonchev–Trinajstić information content (AvgIpc) is 2.74. The summed E-state index contributed by atoms with van der Waals surface area (Å²) in [5.41, 5.74) is 4.20. The highest BCUT2D eigenvalue weighted by molar-refractivity contribution is 7.91. The summed E-state index contributed by atoms with van der Waals surface area (Å²) < 4.78 is 94.4. The molecule has 0 saturated heterocycles. The second-order valence-electron chi connectivity index (χ2n) is 6.72. The van der Waals surface area contributed by atoms with Crippen LogP contribution < -0.4 is 5.73 Å². The van der Waals surface area contributed by atoms with Gasteiger partial charge < -0.3 is 5.73 Å². The molecule has 6 nitrogen and oxygen atoms in total. The van der Waals surface area contributed by atoms with E-state index < -0.39 is 67.1 Å². The van der Waals surface area contributed by atoms with Crippen LogP contribution in [0.2, 0.25) is 0 Å². The van der Waals surface area contributed by atoms with Gasteiger partial charge in [-0.2, -0.15) is 0 Å². The Morgan fingerprint density at radius 1 is 1.06 bits per heavy atom. The molecule has 0 unspecified atom stereocenters. The van der Waals surface area contributed by atoms with Crippen molar-refractivity contribution >= 4 is 15.7 Å². The normalized spacial score (nSPS) is 11.7. The number of aryl methyl sites for hydroxylation is 1. The van der Waals surface area contributed by atoms with Crippen LogP contribution in [0.5, 0.6) is 0 Å². The van der Waals surface area contributed by atoms with Crippen LogP contribution in [0.1, 0.15) is 39.3 Å². The fraction of sp³-hybridized carbons (Fsp3) is 0.150. The van der Waals surface area contributed by atoms with E-state index in [9.17, 15) is 35.2 Å². The molecule has 2 aromatic heterocycles. The van der Waals surface area contributed by atoms with E-state index >= 15 is 0 Å². The van der Waals surface area contributed by atoms with Gasteiger partial charge in [0.1, 0.15) is 22.1 Å². The Morgan fingerprint density at radius 3 is 2.28 bits per heavy atom. The molecule has 1 amide bonds. The van der Waals surface area contributed by atoms with Crippen LogP contribution in [-0.4, -0.2) is 24.3 Å². The standard InChI is InChI=1S/C20H14F5N3O3S/c1-9-4-15(20(26)29)27-7-10(9)5-12-13(21)6-16(18(23)17(12)22)32(30,31)11-2-3-14(19(24)25)28-8-11/h2-4,6-8,19H,5H2,1H3,(H2,26,29). The number of rotatable bonds is 6. The molecular formula is C20H14F5N3O3S. The zero-order chi connectivity index (χ0) is 23.8. The number of alkyl halides is 2. The predicted molar refractivity (Wildman–Crippen MR) is 101 cm³/mol. The third kappa shape index (κ3) is 4.31. The molecule has 3 rings (SSSR count). The van der Waals surface area contributed by atoms with Gasteiger partial charge in [0.15, 0.2) is 11.6 Å². The monoisotopic (exact) mass is 471 g/mol. The number of pyridine rings is 2. The van der Waals surface area contributed by atoms with E-state index in [4.69, 9.17) is 5.73 Å². The van der Waals surface area contributed by atoms with Gasteiger partial charge in [-0.3, -0.25) is 14.8 Å². The van der Waals surface area contributed by atoms with Gasteiger partial charge in [-0.15, -0.1) is 0 Å². The molecule has 168 valence electrons. The number of primary amides is 1. The van der Waals surface area contributed by atoms with Crippen LogP contribution in [0.4, 0.5) is 22.0 Å². The van der Waals surface area contributed by atoms with E-state index in [1.807, 2.05) is 0 Å². The van der Waals surface area contributed by atoms with Gasteiger partial charge in [0.05, 0.1) is 4.90 Å².